The molecule has 0 aliphatic carbocycles. The lowest BCUT2D eigenvalue weighted by atomic mass is 9.97. The zero-order valence-electron chi connectivity index (χ0n) is 18.7. The summed E-state index contributed by atoms with van der Waals surface area (Å²) >= 11 is 1.71. The van der Waals surface area contributed by atoms with E-state index in [1.165, 1.54) is 21.4 Å². The molecule has 2 aliphatic rings. The van der Waals surface area contributed by atoms with Crippen LogP contribution in [0.15, 0.2) is 34.7 Å². The average molecular weight is 481 g/mol. The molecule has 2 aliphatic heterocycles. The van der Waals surface area contributed by atoms with Gasteiger partial charge in [0.25, 0.3) is 5.91 Å². The predicted molar refractivity (Wildman–Crippen MR) is 124 cm³/mol. The second-order valence-electron chi connectivity index (χ2n) is 8.65. The number of ether oxygens (including phenoxy) is 1. The lowest BCUT2D eigenvalue weighted by Crippen LogP contribution is -2.41. The van der Waals surface area contributed by atoms with Gasteiger partial charge in [0.05, 0.1) is 19.3 Å². The molecule has 1 atom stereocenters. The molecule has 0 saturated carbocycles. The molecule has 8 nitrogen and oxygen atoms in total. The number of carbonyl (C=O) groups excluding carboxylic acids is 1. The summed E-state index contributed by atoms with van der Waals surface area (Å²) in [4.78, 5) is 16.8. The number of likely N-dealkylation sites (tertiary alicyclic amines) is 1. The normalized spacial score (nSPS) is 20.3. The van der Waals surface area contributed by atoms with Gasteiger partial charge in [0.2, 0.25) is 10.0 Å². The monoisotopic (exact) mass is 480 g/mol. The second kappa shape index (κ2) is 10.0. The topological polar surface area (TPSA) is 83.9 Å². The van der Waals surface area contributed by atoms with E-state index >= 15 is 0 Å². The Hall–Kier alpha value is -1.72. The first kappa shape index (κ1) is 23.4. The second-order valence-corrected chi connectivity index (χ2v) is 11.6. The molecule has 1 unspecified atom stereocenters. The Morgan fingerprint density at radius 1 is 1.25 bits per heavy atom. The summed E-state index contributed by atoms with van der Waals surface area (Å²) in [5, 5.41) is 5.12. The van der Waals surface area contributed by atoms with E-state index in [4.69, 9.17) is 4.74 Å². The average Bonchev–Trinajstić information content (AvgIpc) is 3.46. The molecular weight excluding hydrogens is 448 g/mol. The predicted octanol–water partition coefficient (Wildman–Crippen LogP) is 2.31. The van der Waals surface area contributed by atoms with Crippen molar-refractivity contribution in [3.8, 4) is 0 Å². The molecule has 2 fully saturated rings. The van der Waals surface area contributed by atoms with Gasteiger partial charge in [-0.1, -0.05) is 13.0 Å². The van der Waals surface area contributed by atoms with Crippen LogP contribution in [0.25, 0.3) is 0 Å². The standard InChI is InChI=1S/C22H32N4O4S2/c1-17-5-7-25(8-6-17)20(21-4-3-13-31-21)15-23-22(27)19-14-18(16-24(19)2)32(28,29)26-9-11-30-12-10-26/h3-4,13-14,16-17,20H,5-12,15H2,1-2H3,(H,23,27). The van der Waals surface area contributed by atoms with Crippen molar-refractivity contribution in [3.05, 3.63) is 40.3 Å². The van der Waals surface area contributed by atoms with Gasteiger partial charge in [-0.05, 0) is 49.4 Å². The van der Waals surface area contributed by atoms with Gasteiger partial charge in [0.1, 0.15) is 10.6 Å². The molecule has 2 saturated heterocycles. The summed E-state index contributed by atoms with van der Waals surface area (Å²) in [5.41, 5.74) is 0.342. The fourth-order valence-corrected chi connectivity index (χ4v) is 6.69. The highest BCUT2D eigenvalue weighted by Crippen LogP contribution is 2.29. The highest BCUT2D eigenvalue weighted by atomic mass is 32.2. The van der Waals surface area contributed by atoms with Crippen LogP contribution in [0, 0.1) is 5.92 Å². The number of amides is 1. The first-order valence-electron chi connectivity index (χ1n) is 11.2. The molecule has 176 valence electrons. The van der Waals surface area contributed by atoms with E-state index in [2.05, 4.69) is 28.6 Å². The Bertz CT molecular complexity index is 1000. The zero-order chi connectivity index (χ0) is 22.7. The van der Waals surface area contributed by atoms with Crippen LogP contribution in [0.3, 0.4) is 0 Å². The van der Waals surface area contributed by atoms with Crippen LogP contribution in [-0.2, 0) is 21.8 Å². The molecular formula is C22H32N4O4S2. The number of sulfonamides is 1. The summed E-state index contributed by atoms with van der Waals surface area (Å²) in [6.07, 6.45) is 3.84. The first-order valence-corrected chi connectivity index (χ1v) is 13.5. The molecule has 1 amide bonds. The van der Waals surface area contributed by atoms with E-state index in [0.717, 1.165) is 31.8 Å². The zero-order valence-corrected chi connectivity index (χ0v) is 20.3. The Labute approximate surface area is 194 Å². The van der Waals surface area contributed by atoms with Gasteiger partial charge in [-0.15, -0.1) is 11.3 Å². The lowest BCUT2D eigenvalue weighted by molar-refractivity contribution is 0.0730. The van der Waals surface area contributed by atoms with Crippen molar-refractivity contribution >= 4 is 27.3 Å². The summed E-state index contributed by atoms with van der Waals surface area (Å²) in [5.74, 6) is 0.475. The van der Waals surface area contributed by atoms with Crippen LogP contribution in [-0.4, -0.2) is 74.0 Å². The van der Waals surface area contributed by atoms with Gasteiger partial charge in [-0.3, -0.25) is 9.69 Å². The van der Waals surface area contributed by atoms with Crippen LogP contribution < -0.4 is 5.32 Å². The van der Waals surface area contributed by atoms with E-state index in [9.17, 15) is 13.2 Å². The third kappa shape index (κ3) is 5.09. The molecule has 0 bridgehead atoms. The SMILES string of the molecule is CC1CCN(C(CNC(=O)c2cc(S(=O)(=O)N3CCOCC3)cn2C)c2cccs2)CC1. The van der Waals surface area contributed by atoms with Crippen molar-refractivity contribution in [2.45, 2.75) is 30.7 Å². The van der Waals surface area contributed by atoms with Crippen LogP contribution in [0.5, 0.6) is 0 Å². The van der Waals surface area contributed by atoms with Crippen molar-refractivity contribution in [1.29, 1.82) is 0 Å². The highest BCUT2D eigenvalue weighted by molar-refractivity contribution is 7.89. The maximum atomic E-state index is 13.0. The molecule has 0 aromatic carbocycles. The molecule has 1 N–H and O–H groups in total. The van der Waals surface area contributed by atoms with Gasteiger partial charge in [0.15, 0.2) is 0 Å². The minimum Gasteiger partial charge on any atom is -0.379 e. The van der Waals surface area contributed by atoms with Crippen molar-refractivity contribution in [3.63, 3.8) is 0 Å². The molecule has 2 aromatic heterocycles. The van der Waals surface area contributed by atoms with Gasteiger partial charge in [-0.25, -0.2) is 8.42 Å². The van der Waals surface area contributed by atoms with Crippen LogP contribution >= 0.6 is 11.3 Å². The maximum Gasteiger partial charge on any atom is 0.268 e. The van der Waals surface area contributed by atoms with E-state index in [-0.39, 0.29) is 16.8 Å². The number of nitrogens with one attached hydrogen (secondary N) is 1. The number of hydrogen-bond donors (Lipinski definition) is 1. The summed E-state index contributed by atoms with van der Waals surface area (Å²) in [6.45, 7) is 6.25. The quantitative estimate of drug-likeness (QED) is 0.658. The Morgan fingerprint density at radius 2 is 1.97 bits per heavy atom. The van der Waals surface area contributed by atoms with Crippen molar-refractivity contribution in [2.24, 2.45) is 13.0 Å². The number of carbonyl (C=O) groups is 1. The third-order valence-corrected chi connectivity index (χ3v) is 9.24. The Morgan fingerprint density at radius 3 is 2.62 bits per heavy atom. The molecule has 10 heteroatoms. The van der Waals surface area contributed by atoms with Gasteiger partial charge in [-0.2, -0.15) is 4.31 Å². The van der Waals surface area contributed by atoms with Crippen molar-refractivity contribution in [1.82, 2.24) is 19.1 Å². The third-order valence-electron chi connectivity index (χ3n) is 6.41. The maximum absolute atomic E-state index is 13.0. The van der Waals surface area contributed by atoms with Crippen molar-refractivity contribution < 1.29 is 17.9 Å². The molecule has 4 rings (SSSR count). The summed E-state index contributed by atoms with van der Waals surface area (Å²) in [6, 6.07) is 5.77. The number of rotatable bonds is 7. The first-order chi connectivity index (χ1) is 15.4. The number of hydrogen-bond acceptors (Lipinski definition) is 6. The Balaban J connectivity index is 1.46. The number of morpholine rings is 1. The van der Waals surface area contributed by atoms with Crippen LogP contribution in [0.4, 0.5) is 0 Å². The van der Waals surface area contributed by atoms with Crippen molar-refractivity contribution in [2.75, 3.05) is 45.9 Å². The minimum atomic E-state index is -3.64. The number of aryl methyl sites for hydroxylation is 1. The van der Waals surface area contributed by atoms with Gasteiger partial charge < -0.3 is 14.6 Å². The summed E-state index contributed by atoms with van der Waals surface area (Å²) in [7, 11) is -1.94. The molecule has 4 heterocycles. The molecule has 2 aromatic rings. The number of aromatic nitrogens is 1. The fourth-order valence-electron chi connectivity index (χ4n) is 4.35. The number of thiophene rings is 1. The van der Waals surface area contributed by atoms with Gasteiger partial charge in [0, 0.05) is 37.8 Å². The van der Waals surface area contributed by atoms with E-state index in [1.54, 1.807) is 23.0 Å². The number of piperidine rings is 1. The van der Waals surface area contributed by atoms with E-state index < -0.39 is 10.0 Å². The lowest BCUT2D eigenvalue weighted by Gasteiger charge is -2.36. The van der Waals surface area contributed by atoms with E-state index in [0.29, 0.717) is 38.5 Å². The summed E-state index contributed by atoms with van der Waals surface area (Å²) < 4.78 is 34.2. The largest absolute Gasteiger partial charge is 0.379 e. The minimum absolute atomic E-state index is 0.128. The van der Waals surface area contributed by atoms with Crippen LogP contribution in [0.2, 0.25) is 0 Å². The fraction of sp³-hybridized carbons (Fsp3) is 0.591. The molecule has 32 heavy (non-hydrogen) atoms. The van der Waals surface area contributed by atoms with Gasteiger partial charge >= 0.3 is 0 Å². The Kier molecular flexibility index (Phi) is 7.36. The number of nitrogens with zero attached hydrogens (tertiary/aromatic N) is 3. The highest BCUT2D eigenvalue weighted by Gasteiger charge is 2.30. The smallest absolute Gasteiger partial charge is 0.268 e. The molecule has 0 spiro atoms. The van der Waals surface area contributed by atoms with E-state index in [1.807, 2.05) is 6.07 Å². The van der Waals surface area contributed by atoms with Crippen LogP contribution in [0.1, 0.15) is 41.2 Å². The molecule has 0 radical (unpaired) electrons.